The Morgan fingerprint density at radius 3 is 2.32 bits per heavy atom. The average Bonchev–Trinajstić information content (AvgIpc) is 3.28. The molecule has 6 nitrogen and oxygen atoms in total. The molecule has 0 unspecified atom stereocenters. The van der Waals surface area contributed by atoms with Crippen molar-refractivity contribution in [2.75, 3.05) is 7.11 Å². The number of carbonyl (C=O) groups excluding carboxylic acids is 1. The summed E-state index contributed by atoms with van der Waals surface area (Å²) in [6, 6.07) is 29.1. The molecule has 0 saturated heterocycles. The maximum absolute atomic E-state index is 12.8. The van der Waals surface area contributed by atoms with E-state index in [2.05, 4.69) is 5.32 Å². The third-order valence-electron chi connectivity index (χ3n) is 5.30. The molecule has 0 fully saturated rings. The third kappa shape index (κ3) is 5.40. The van der Waals surface area contributed by atoms with Crippen LogP contribution in [0.5, 0.6) is 5.75 Å². The van der Waals surface area contributed by atoms with E-state index in [1.165, 1.54) is 0 Å². The number of amides is 1. The molecule has 1 N–H and O–H groups in total. The summed E-state index contributed by atoms with van der Waals surface area (Å²) in [6.45, 7) is 0.893. The zero-order valence-electron chi connectivity index (χ0n) is 18.8. The summed E-state index contributed by atoms with van der Waals surface area (Å²) in [5.74, 6) is 0.224. The predicted octanol–water partition coefficient (Wildman–Crippen LogP) is 4.83. The molecule has 0 aliphatic heterocycles. The summed E-state index contributed by atoms with van der Waals surface area (Å²) in [6.07, 6.45) is 3.42. The van der Waals surface area contributed by atoms with Crippen LogP contribution in [0.25, 0.3) is 17.3 Å². The van der Waals surface area contributed by atoms with Crippen molar-refractivity contribution >= 4 is 12.0 Å². The van der Waals surface area contributed by atoms with Crippen LogP contribution in [0.2, 0.25) is 0 Å². The van der Waals surface area contributed by atoms with Gasteiger partial charge >= 0.3 is 0 Å². The van der Waals surface area contributed by atoms with Crippen LogP contribution in [0.15, 0.2) is 96.7 Å². The minimum Gasteiger partial charge on any atom is -0.496 e. The number of ether oxygens (including phenoxy) is 1. The van der Waals surface area contributed by atoms with E-state index in [9.17, 15) is 10.1 Å². The lowest BCUT2D eigenvalue weighted by Gasteiger charge is -2.07. The molecule has 4 aromatic rings. The highest BCUT2D eigenvalue weighted by molar-refractivity contribution is 6.02. The van der Waals surface area contributed by atoms with Gasteiger partial charge in [0.15, 0.2) is 0 Å². The van der Waals surface area contributed by atoms with Gasteiger partial charge in [-0.25, -0.2) is 0 Å². The van der Waals surface area contributed by atoms with E-state index in [1.54, 1.807) is 17.9 Å². The molecule has 34 heavy (non-hydrogen) atoms. The second kappa shape index (κ2) is 10.8. The van der Waals surface area contributed by atoms with E-state index in [-0.39, 0.29) is 5.57 Å². The molecule has 0 saturated carbocycles. The van der Waals surface area contributed by atoms with Gasteiger partial charge < -0.3 is 10.1 Å². The number of nitrogens with one attached hydrogen (secondary N) is 1. The topological polar surface area (TPSA) is 79.9 Å². The fraction of sp³-hybridized carbons (Fsp3) is 0.107. The average molecular weight is 449 g/mol. The normalized spacial score (nSPS) is 11.0. The van der Waals surface area contributed by atoms with E-state index in [0.717, 1.165) is 16.7 Å². The molecule has 168 valence electrons. The molecule has 0 aliphatic carbocycles. The van der Waals surface area contributed by atoms with Crippen LogP contribution in [0.4, 0.5) is 0 Å². The Morgan fingerprint density at radius 1 is 1.00 bits per heavy atom. The van der Waals surface area contributed by atoms with Crippen molar-refractivity contribution in [1.29, 1.82) is 5.26 Å². The zero-order chi connectivity index (χ0) is 23.8. The van der Waals surface area contributed by atoms with Crippen molar-refractivity contribution in [3.8, 4) is 23.1 Å². The highest BCUT2D eigenvalue weighted by atomic mass is 16.5. The van der Waals surface area contributed by atoms with Crippen molar-refractivity contribution in [2.24, 2.45) is 0 Å². The monoisotopic (exact) mass is 448 g/mol. The fourth-order valence-corrected chi connectivity index (χ4v) is 3.62. The number of carbonyl (C=O) groups is 1. The Bertz CT molecular complexity index is 1340. The summed E-state index contributed by atoms with van der Waals surface area (Å²) < 4.78 is 7.34. The highest BCUT2D eigenvalue weighted by Crippen LogP contribution is 2.32. The largest absolute Gasteiger partial charge is 0.496 e. The first-order chi connectivity index (χ1) is 16.7. The Morgan fingerprint density at radius 2 is 1.65 bits per heavy atom. The zero-order valence-corrected chi connectivity index (χ0v) is 18.8. The van der Waals surface area contributed by atoms with E-state index < -0.39 is 5.91 Å². The Kier molecular flexibility index (Phi) is 7.16. The van der Waals surface area contributed by atoms with E-state index in [1.807, 2.05) is 97.2 Å². The molecule has 0 bridgehead atoms. The van der Waals surface area contributed by atoms with Gasteiger partial charge in [-0.1, -0.05) is 72.8 Å². The highest BCUT2D eigenvalue weighted by Gasteiger charge is 2.17. The summed E-state index contributed by atoms with van der Waals surface area (Å²) in [5, 5.41) is 17.3. The van der Waals surface area contributed by atoms with E-state index in [0.29, 0.717) is 30.1 Å². The number of benzene rings is 3. The molecule has 3 aromatic carbocycles. The number of hydrogen-bond acceptors (Lipinski definition) is 4. The number of aromatic nitrogens is 2. The quantitative estimate of drug-likeness (QED) is 0.309. The van der Waals surface area contributed by atoms with Crippen LogP contribution in [0, 0.1) is 11.3 Å². The van der Waals surface area contributed by atoms with Crippen molar-refractivity contribution in [1.82, 2.24) is 15.1 Å². The third-order valence-corrected chi connectivity index (χ3v) is 5.30. The minimum atomic E-state index is -0.437. The van der Waals surface area contributed by atoms with Gasteiger partial charge in [-0.05, 0) is 29.3 Å². The van der Waals surface area contributed by atoms with Gasteiger partial charge in [0.1, 0.15) is 23.1 Å². The van der Waals surface area contributed by atoms with Crippen LogP contribution >= 0.6 is 0 Å². The second-order valence-corrected chi connectivity index (χ2v) is 7.65. The number of methoxy groups -OCH3 is 1. The number of para-hydroxylation sites is 1. The molecule has 0 atom stereocenters. The van der Waals surface area contributed by atoms with Crippen molar-refractivity contribution in [3.63, 3.8) is 0 Å². The van der Waals surface area contributed by atoms with Gasteiger partial charge in [-0.15, -0.1) is 0 Å². The standard InChI is InChI=1S/C28H24N4O2/c1-34-26-15-9-8-14-25(26)27-24(20-32(31-27)19-22-12-6-3-7-13-22)16-23(17-29)28(33)30-18-21-10-4-2-5-11-21/h2-16,20H,18-19H2,1H3,(H,30,33)/b23-16+. The molecular formula is C28H24N4O2. The molecule has 6 heteroatoms. The predicted molar refractivity (Wildman–Crippen MR) is 132 cm³/mol. The van der Waals surface area contributed by atoms with E-state index in [4.69, 9.17) is 9.84 Å². The van der Waals surface area contributed by atoms with Gasteiger partial charge in [-0.3, -0.25) is 9.48 Å². The van der Waals surface area contributed by atoms with Crippen LogP contribution < -0.4 is 10.1 Å². The van der Waals surface area contributed by atoms with Crippen molar-refractivity contribution in [3.05, 3.63) is 113 Å². The summed E-state index contributed by atoms with van der Waals surface area (Å²) in [5.41, 5.74) is 4.13. The second-order valence-electron chi connectivity index (χ2n) is 7.65. The van der Waals surface area contributed by atoms with Crippen molar-refractivity contribution < 1.29 is 9.53 Å². The van der Waals surface area contributed by atoms with Gasteiger partial charge in [-0.2, -0.15) is 10.4 Å². The Labute approximate surface area is 198 Å². The molecule has 1 heterocycles. The lowest BCUT2D eigenvalue weighted by molar-refractivity contribution is -0.117. The first-order valence-corrected chi connectivity index (χ1v) is 10.9. The Hall–Kier alpha value is -4.63. The van der Waals surface area contributed by atoms with Gasteiger partial charge in [0, 0.05) is 23.9 Å². The molecule has 1 aromatic heterocycles. The number of nitrogens with zero attached hydrogens (tertiary/aromatic N) is 3. The molecule has 1 amide bonds. The maximum atomic E-state index is 12.8. The molecule has 0 aliphatic rings. The van der Waals surface area contributed by atoms with Crippen LogP contribution in [-0.2, 0) is 17.9 Å². The molecule has 4 rings (SSSR count). The lowest BCUT2D eigenvalue weighted by atomic mass is 10.0. The summed E-state index contributed by atoms with van der Waals surface area (Å²) in [7, 11) is 1.60. The van der Waals surface area contributed by atoms with Crippen molar-refractivity contribution in [2.45, 2.75) is 13.1 Å². The summed E-state index contributed by atoms with van der Waals surface area (Å²) >= 11 is 0. The number of nitriles is 1. The van der Waals surface area contributed by atoms with Crippen LogP contribution in [0.1, 0.15) is 16.7 Å². The number of hydrogen-bond donors (Lipinski definition) is 1. The van der Waals surface area contributed by atoms with Gasteiger partial charge in [0.25, 0.3) is 5.91 Å². The minimum absolute atomic E-state index is 0.00587. The smallest absolute Gasteiger partial charge is 0.262 e. The fourth-order valence-electron chi connectivity index (χ4n) is 3.62. The summed E-state index contributed by atoms with van der Waals surface area (Å²) in [4.78, 5) is 12.8. The van der Waals surface area contributed by atoms with Crippen LogP contribution in [0.3, 0.4) is 0 Å². The molecule has 0 spiro atoms. The Balaban J connectivity index is 1.68. The van der Waals surface area contributed by atoms with Crippen LogP contribution in [-0.4, -0.2) is 22.8 Å². The molecule has 0 radical (unpaired) electrons. The van der Waals surface area contributed by atoms with E-state index >= 15 is 0 Å². The number of rotatable bonds is 8. The lowest BCUT2D eigenvalue weighted by Crippen LogP contribution is -2.23. The first kappa shape index (κ1) is 22.6. The van der Waals surface area contributed by atoms with Gasteiger partial charge in [0.2, 0.25) is 0 Å². The van der Waals surface area contributed by atoms with Gasteiger partial charge in [0.05, 0.1) is 13.7 Å². The molecular weight excluding hydrogens is 424 g/mol. The SMILES string of the molecule is COc1ccccc1-c1nn(Cc2ccccc2)cc1/C=C(\C#N)C(=O)NCc1ccccc1. The maximum Gasteiger partial charge on any atom is 0.262 e. The first-order valence-electron chi connectivity index (χ1n) is 10.9.